The van der Waals surface area contributed by atoms with Crippen molar-refractivity contribution in [2.24, 2.45) is 0 Å². The Morgan fingerprint density at radius 2 is 1.83 bits per heavy atom. The van der Waals surface area contributed by atoms with Gasteiger partial charge in [-0.05, 0) is 48.5 Å². The second kappa shape index (κ2) is 8.52. The van der Waals surface area contributed by atoms with E-state index in [2.05, 4.69) is 10.2 Å². The summed E-state index contributed by atoms with van der Waals surface area (Å²) in [5, 5.41) is 20.3. The molecule has 0 unspecified atom stereocenters. The van der Waals surface area contributed by atoms with E-state index in [-0.39, 0.29) is 17.2 Å². The summed E-state index contributed by atoms with van der Waals surface area (Å²) in [6.07, 6.45) is 1.54. The highest BCUT2D eigenvalue weighted by molar-refractivity contribution is 7.99. The van der Waals surface area contributed by atoms with Crippen molar-refractivity contribution in [3.63, 3.8) is 0 Å². The highest BCUT2D eigenvalue weighted by atomic mass is 35.5. The van der Waals surface area contributed by atoms with Crippen molar-refractivity contribution >= 4 is 34.8 Å². The molecule has 0 saturated carbocycles. The van der Waals surface area contributed by atoms with Crippen LogP contribution < -0.4 is 0 Å². The van der Waals surface area contributed by atoms with E-state index in [0.29, 0.717) is 27.3 Å². The van der Waals surface area contributed by atoms with Crippen molar-refractivity contribution in [1.82, 2.24) is 14.8 Å². The van der Waals surface area contributed by atoms with Gasteiger partial charge in [0.15, 0.2) is 16.7 Å². The number of furan rings is 1. The molecule has 0 atom stereocenters. The van der Waals surface area contributed by atoms with Crippen LogP contribution in [0.4, 0.5) is 5.69 Å². The number of hydrogen-bond acceptors (Lipinski definition) is 7. The number of Topliss-reactive ketones (excluding diaryl/α,β-unsaturated/α-hetero) is 1. The lowest BCUT2D eigenvalue weighted by molar-refractivity contribution is -0.384. The van der Waals surface area contributed by atoms with Crippen LogP contribution in [0.5, 0.6) is 0 Å². The number of thioether (sulfide) groups is 1. The fourth-order valence-electron chi connectivity index (χ4n) is 2.73. The van der Waals surface area contributed by atoms with Crippen molar-refractivity contribution < 1.29 is 14.1 Å². The number of hydrogen-bond donors (Lipinski definition) is 0. The van der Waals surface area contributed by atoms with Crippen LogP contribution in [-0.4, -0.2) is 31.2 Å². The first-order chi connectivity index (χ1) is 14.5. The van der Waals surface area contributed by atoms with E-state index in [1.54, 1.807) is 35.1 Å². The molecule has 0 aliphatic heterocycles. The minimum atomic E-state index is -0.506. The van der Waals surface area contributed by atoms with Gasteiger partial charge in [0.05, 0.1) is 16.9 Å². The SMILES string of the molecule is O=C(CSc1nnc(-c2ccco2)n1-c1ccc(Cl)cc1)c1ccc([N+](=O)[O-])cc1. The quantitative estimate of drug-likeness (QED) is 0.171. The maximum Gasteiger partial charge on any atom is 0.269 e. The van der Waals surface area contributed by atoms with Crippen molar-refractivity contribution in [2.75, 3.05) is 5.75 Å². The maximum absolute atomic E-state index is 12.5. The van der Waals surface area contributed by atoms with Crippen molar-refractivity contribution in [2.45, 2.75) is 5.16 Å². The monoisotopic (exact) mass is 440 g/mol. The molecule has 0 aliphatic carbocycles. The molecule has 0 saturated heterocycles. The normalized spacial score (nSPS) is 10.8. The largest absolute Gasteiger partial charge is 0.461 e. The molecule has 2 heterocycles. The lowest BCUT2D eigenvalue weighted by atomic mass is 10.1. The summed E-state index contributed by atoms with van der Waals surface area (Å²) in [4.78, 5) is 22.8. The van der Waals surface area contributed by atoms with Crippen LogP contribution >= 0.6 is 23.4 Å². The van der Waals surface area contributed by atoms with Gasteiger partial charge in [0.1, 0.15) is 0 Å². The highest BCUT2D eigenvalue weighted by Gasteiger charge is 2.19. The van der Waals surface area contributed by atoms with Crippen molar-refractivity contribution in [3.8, 4) is 17.3 Å². The van der Waals surface area contributed by atoms with Crippen LogP contribution in [0.1, 0.15) is 10.4 Å². The van der Waals surface area contributed by atoms with Gasteiger partial charge in [-0.2, -0.15) is 0 Å². The van der Waals surface area contributed by atoms with Gasteiger partial charge < -0.3 is 4.42 Å². The second-order valence-electron chi connectivity index (χ2n) is 6.11. The third-order valence-corrected chi connectivity index (χ3v) is 5.37. The zero-order chi connectivity index (χ0) is 21.1. The summed E-state index contributed by atoms with van der Waals surface area (Å²) in [5.41, 5.74) is 1.09. The lowest BCUT2D eigenvalue weighted by Gasteiger charge is -2.09. The Labute approximate surface area is 179 Å². The van der Waals surface area contributed by atoms with Crippen LogP contribution in [0.3, 0.4) is 0 Å². The summed E-state index contributed by atoms with van der Waals surface area (Å²) in [5.74, 6) is 0.931. The van der Waals surface area contributed by atoms with Crippen LogP contribution in [-0.2, 0) is 0 Å². The number of nitro groups is 1. The number of nitro benzene ring substituents is 1. The average molecular weight is 441 g/mol. The van der Waals surface area contributed by atoms with E-state index < -0.39 is 4.92 Å². The number of ketones is 1. The third kappa shape index (κ3) is 4.12. The number of non-ortho nitro benzene ring substituents is 1. The van der Waals surface area contributed by atoms with Gasteiger partial charge >= 0.3 is 0 Å². The Kier molecular flexibility index (Phi) is 5.64. The number of halogens is 1. The number of carbonyl (C=O) groups excluding carboxylic acids is 1. The molecule has 0 spiro atoms. The molecule has 0 N–H and O–H groups in total. The van der Waals surface area contributed by atoms with Gasteiger partial charge in [0.25, 0.3) is 5.69 Å². The Morgan fingerprint density at radius 1 is 1.10 bits per heavy atom. The molecule has 0 fully saturated rings. The standard InChI is InChI=1S/C20H13ClN4O4S/c21-14-5-9-15(10-6-14)24-19(18-2-1-11-29-18)22-23-20(24)30-12-17(26)13-3-7-16(8-4-13)25(27)28/h1-11H,12H2. The Morgan fingerprint density at radius 3 is 2.47 bits per heavy atom. The first-order valence-electron chi connectivity index (χ1n) is 8.68. The summed E-state index contributed by atoms with van der Waals surface area (Å²) < 4.78 is 7.24. The molecule has 0 radical (unpaired) electrons. The molecule has 10 heteroatoms. The van der Waals surface area contributed by atoms with Gasteiger partial charge in [-0.15, -0.1) is 10.2 Å². The van der Waals surface area contributed by atoms with Crippen molar-refractivity contribution in [3.05, 3.63) is 87.6 Å². The summed E-state index contributed by atoms with van der Waals surface area (Å²) in [7, 11) is 0. The van der Waals surface area contributed by atoms with E-state index >= 15 is 0 Å². The van der Waals surface area contributed by atoms with Gasteiger partial charge in [0.2, 0.25) is 5.82 Å². The lowest BCUT2D eigenvalue weighted by Crippen LogP contribution is -2.05. The molecule has 8 nitrogen and oxygen atoms in total. The molecule has 2 aromatic heterocycles. The van der Waals surface area contributed by atoms with E-state index in [9.17, 15) is 14.9 Å². The zero-order valence-electron chi connectivity index (χ0n) is 15.3. The van der Waals surface area contributed by atoms with E-state index in [1.807, 2.05) is 12.1 Å². The Balaban J connectivity index is 1.60. The van der Waals surface area contributed by atoms with Crippen LogP contribution in [0.25, 0.3) is 17.3 Å². The molecule has 4 aromatic rings. The smallest absolute Gasteiger partial charge is 0.269 e. The number of carbonyl (C=O) groups is 1. The van der Waals surface area contributed by atoms with Gasteiger partial charge in [-0.3, -0.25) is 19.5 Å². The number of rotatable bonds is 7. The molecule has 2 aromatic carbocycles. The molecular formula is C20H13ClN4O4S. The van der Waals surface area contributed by atoms with E-state index in [1.165, 1.54) is 36.0 Å². The number of benzene rings is 2. The zero-order valence-corrected chi connectivity index (χ0v) is 16.8. The molecule has 4 rings (SSSR count). The van der Waals surface area contributed by atoms with Gasteiger partial charge in [-0.25, -0.2) is 0 Å². The van der Waals surface area contributed by atoms with Crippen molar-refractivity contribution in [1.29, 1.82) is 0 Å². The minimum absolute atomic E-state index is 0.0650. The summed E-state index contributed by atoms with van der Waals surface area (Å²) >= 11 is 7.21. The number of aromatic nitrogens is 3. The summed E-state index contributed by atoms with van der Waals surface area (Å²) in [6.45, 7) is 0. The fraction of sp³-hybridized carbons (Fsp3) is 0.0500. The Hall–Kier alpha value is -3.43. The third-order valence-electron chi connectivity index (χ3n) is 4.19. The molecule has 0 bridgehead atoms. The van der Waals surface area contributed by atoms with Crippen LogP contribution in [0.15, 0.2) is 76.5 Å². The summed E-state index contributed by atoms with van der Waals surface area (Å²) in [6, 6.07) is 16.2. The topological polar surface area (TPSA) is 104 Å². The minimum Gasteiger partial charge on any atom is -0.461 e. The van der Waals surface area contributed by atoms with Gasteiger partial charge in [0, 0.05) is 28.4 Å². The predicted molar refractivity (Wildman–Crippen MR) is 112 cm³/mol. The predicted octanol–water partition coefficient (Wildman–Crippen LogP) is 5.06. The molecular weight excluding hydrogens is 428 g/mol. The van der Waals surface area contributed by atoms with Gasteiger partial charge in [-0.1, -0.05) is 23.4 Å². The fourth-order valence-corrected chi connectivity index (χ4v) is 3.71. The molecule has 150 valence electrons. The molecule has 30 heavy (non-hydrogen) atoms. The Bertz CT molecular complexity index is 1190. The van der Waals surface area contributed by atoms with Crippen LogP contribution in [0.2, 0.25) is 5.02 Å². The number of nitrogens with zero attached hydrogens (tertiary/aromatic N) is 4. The first kappa shape index (κ1) is 19.9. The van der Waals surface area contributed by atoms with E-state index in [0.717, 1.165) is 5.69 Å². The molecule has 0 aliphatic rings. The van der Waals surface area contributed by atoms with E-state index in [4.69, 9.17) is 16.0 Å². The second-order valence-corrected chi connectivity index (χ2v) is 7.49. The highest BCUT2D eigenvalue weighted by Crippen LogP contribution is 2.29. The first-order valence-corrected chi connectivity index (χ1v) is 10.0. The van der Waals surface area contributed by atoms with Crippen LogP contribution in [0, 0.1) is 10.1 Å². The maximum atomic E-state index is 12.5. The average Bonchev–Trinajstić information content (AvgIpc) is 3.42. The molecule has 0 amide bonds.